The maximum atomic E-state index is 15.7. The molecule has 5 aromatic carbocycles. The molecule has 734 valence electrons. The number of amides is 16. The number of carbonyl (C=O) groups excluding carboxylic acids is 16. The first kappa shape index (κ1) is 106. The maximum absolute atomic E-state index is 15.7. The predicted molar refractivity (Wildman–Crippen MR) is 490 cm³/mol. The van der Waals surface area contributed by atoms with Gasteiger partial charge in [0.2, 0.25) is 94.5 Å². The molecule has 0 saturated carbocycles. The van der Waals surface area contributed by atoms with E-state index in [-0.39, 0.29) is 56.3 Å². The Bertz CT molecular complexity index is 5290. The Morgan fingerprint density at radius 1 is 0.515 bits per heavy atom. The largest absolute Gasteiger partial charge is 0.508 e. The van der Waals surface area contributed by atoms with Gasteiger partial charge >= 0.3 is 5.97 Å². The number of hydrogen-bond acceptors (Lipinski definition) is 21. The van der Waals surface area contributed by atoms with Crippen LogP contribution < -0.4 is 59.3 Å². The summed E-state index contributed by atoms with van der Waals surface area (Å²) in [4.78, 5) is 258. The zero-order chi connectivity index (χ0) is 99.6. The predicted octanol–water partition coefficient (Wildman–Crippen LogP) is 0.458. The first-order valence-corrected chi connectivity index (χ1v) is 46.0. The number of aromatic nitrogens is 1. The highest BCUT2D eigenvalue weighted by molar-refractivity contribution is 8.00. The number of aromatic hydroxyl groups is 1. The summed E-state index contributed by atoms with van der Waals surface area (Å²) < 4.78 is 45.2. The Morgan fingerprint density at radius 3 is 1.62 bits per heavy atom. The Morgan fingerprint density at radius 2 is 1.03 bits per heavy atom. The van der Waals surface area contributed by atoms with E-state index in [1.54, 1.807) is 112 Å². The third-order valence-corrected chi connectivity index (χ3v) is 25.1. The van der Waals surface area contributed by atoms with E-state index in [0.717, 1.165) is 24.5 Å². The van der Waals surface area contributed by atoms with Gasteiger partial charge in [-0.15, -0.1) is 11.8 Å². The molecule has 16 amide bonds. The van der Waals surface area contributed by atoms with Crippen LogP contribution in [0.15, 0.2) is 128 Å². The molecule has 3 aliphatic rings. The summed E-state index contributed by atoms with van der Waals surface area (Å²) in [5.74, 6) is -26.6. The monoisotopic (exact) mass is 1910 g/mol. The minimum atomic E-state index is -2.07. The number of thioether (sulfide) groups is 1. The molecule has 4 heterocycles. The molecule has 15 atom stereocenters. The number of aliphatic hydroxyl groups is 2. The number of aliphatic carboxylic acids is 1. The number of nitrogens with zero attached hydrogens (tertiary/aromatic N) is 5. The number of carbonyl (C=O) groups is 17. The van der Waals surface area contributed by atoms with Crippen molar-refractivity contribution in [2.24, 2.45) is 23.3 Å². The lowest BCUT2D eigenvalue weighted by molar-refractivity contribution is -0.152. The van der Waals surface area contributed by atoms with E-state index in [1.807, 2.05) is 0 Å². The number of benzene rings is 5. The van der Waals surface area contributed by atoms with E-state index < -0.39 is 297 Å². The SMILES string of the molecule is CCCC[C@H]1C(=O)N2C[C@H](O)C[C@@H]2C(=O)N[C@@H](CC(=O)O)C(=O)N[C@@H](C(C)C)C(=O)N(C)C(Cc2ccccc2)C(=O)N[C@@H](CCC(N)=O)C(=O)N2C[C@H](O)C[C@H]2C(=O)N[C@@H](Cc2c[nH]c3ccccc23)C(=O)N[C@@H](Cc2ccc(O)cc2)C(=O)N[C@@H](CC(C)C)C(=O)N[C@H](C(=O)NCC(N)=O)CSCC(=O)N[C@@H](Cc2cc(F)c(F)c(F)c2)C(=O)N(C)[C@@H](CCc2ccccc2)C(=O)N1C. The zero-order valence-electron chi connectivity index (χ0n) is 76.7. The van der Waals surface area contributed by atoms with Crippen LogP contribution in [0.1, 0.15) is 127 Å². The molecule has 0 bridgehead atoms. The van der Waals surface area contributed by atoms with E-state index in [4.69, 9.17) is 11.5 Å². The summed E-state index contributed by atoms with van der Waals surface area (Å²) in [6, 6.07) is 7.71. The molecule has 3 fully saturated rings. The van der Waals surface area contributed by atoms with Gasteiger partial charge < -0.3 is 109 Å². The quantitative estimate of drug-likeness (QED) is 0.0346. The van der Waals surface area contributed by atoms with Gasteiger partial charge in [-0.25, -0.2) is 13.2 Å². The lowest BCUT2D eigenvalue weighted by Gasteiger charge is -2.38. The first-order chi connectivity index (χ1) is 64.5. The number of likely N-dealkylation sites (N-methyl/N-ethyl adjacent to an activating group) is 3. The number of aromatic amines is 1. The van der Waals surface area contributed by atoms with Crippen LogP contribution in [-0.2, 0) is 114 Å². The number of rotatable bonds is 25. The van der Waals surface area contributed by atoms with E-state index in [1.165, 1.54) is 59.3 Å². The van der Waals surface area contributed by atoms with Gasteiger partial charge in [-0.1, -0.05) is 138 Å². The Labute approximate surface area is 787 Å². The van der Waals surface area contributed by atoms with E-state index in [9.17, 15) is 58.4 Å². The van der Waals surface area contributed by atoms with Crippen LogP contribution in [0.3, 0.4) is 0 Å². The van der Waals surface area contributed by atoms with Gasteiger partial charge in [0.05, 0.1) is 30.9 Å². The third kappa shape index (κ3) is 29.5. The second-order valence-corrected chi connectivity index (χ2v) is 36.2. The van der Waals surface area contributed by atoms with Crippen molar-refractivity contribution in [3.8, 4) is 5.75 Å². The number of unbranched alkanes of at least 4 members (excludes halogenated alkanes) is 1. The standard InChI is InChI=1S/C94H120F3N17O21S/c1-9-10-25-71-93(134)114-47-59(117)42-75(114)89(130)107-68(43-79(121)122)86(127)109-81(51(4)5)94(135)112(8)73(39-53-21-15-12-16-22-53)87(128)103-64(31-33-76(98)118)91(132)113-46-58(116)41-74(113)88(129)106-67(40-56-44-100-63-24-18-17-23-60(56)63)85(126)105-66(37-54-26-29-57(115)30-27-54)84(125)104-65(34-50(2)3)83(124)108-70(82(123)101-45-77(99)119)48-136-49-78(120)102-69(38-55-35-61(95)80(97)62(96)36-55)90(131)110(6)72(92(133)111(71)7)32-28-52-19-13-11-14-20-52/h11-24,26-27,29-30,35-36,44,50-51,58-59,64-75,81,100,115-117H,9-10,25,28,31-34,37-43,45-49H2,1-8H3,(H2,98,118)(H2,99,119)(H,101,123)(H,102,120)(H,103,128)(H,104,125)(H,105,126)(H,106,129)(H,107,130)(H,108,124)(H,109,127)(H,121,122)/t58-,59-,64+,65+,66+,67+,68+,69+,70+,71+,72+,73?,74+,75-,81+/m1/s1. The van der Waals surface area contributed by atoms with Crippen molar-refractivity contribution in [2.75, 3.05) is 52.3 Å². The number of carboxylic acids is 1. The van der Waals surface area contributed by atoms with Crippen LogP contribution in [0.5, 0.6) is 5.75 Å². The lowest BCUT2D eigenvalue weighted by Crippen LogP contribution is -2.62. The summed E-state index contributed by atoms with van der Waals surface area (Å²) >= 11 is 0.648. The van der Waals surface area contributed by atoms with Crippen molar-refractivity contribution in [2.45, 2.75) is 222 Å². The van der Waals surface area contributed by atoms with Crippen LogP contribution in [0.4, 0.5) is 13.2 Å². The number of para-hydroxylation sites is 1. The van der Waals surface area contributed by atoms with Crippen molar-refractivity contribution in [1.82, 2.24) is 77.3 Å². The minimum absolute atomic E-state index is 0.0427. The first-order valence-electron chi connectivity index (χ1n) is 44.9. The molecule has 18 N–H and O–H groups in total. The molecule has 0 aliphatic carbocycles. The van der Waals surface area contributed by atoms with Crippen molar-refractivity contribution < 1.29 is 115 Å². The lowest BCUT2D eigenvalue weighted by atomic mass is 9.98. The van der Waals surface area contributed by atoms with Crippen molar-refractivity contribution in [1.29, 1.82) is 0 Å². The smallest absolute Gasteiger partial charge is 0.305 e. The average molecular weight is 1910 g/mol. The number of aliphatic hydroxyl groups excluding tert-OH is 2. The minimum Gasteiger partial charge on any atom is -0.508 e. The summed E-state index contributed by atoms with van der Waals surface area (Å²) in [7, 11) is 3.60. The van der Waals surface area contributed by atoms with Crippen LogP contribution in [0.25, 0.3) is 10.9 Å². The molecule has 0 radical (unpaired) electrons. The summed E-state index contributed by atoms with van der Waals surface area (Å²) in [6.07, 6.45) is -6.47. The van der Waals surface area contributed by atoms with Gasteiger partial charge in [0.15, 0.2) is 17.5 Å². The molecule has 38 nitrogen and oxygen atoms in total. The maximum Gasteiger partial charge on any atom is 0.305 e. The number of hydrogen-bond donors (Lipinski definition) is 16. The van der Waals surface area contributed by atoms with E-state index in [0.29, 0.717) is 63.5 Å². The molecule has 1 aromatic heterocycles. The van der Waals surface area contributed by atoms with Crippen LogP contribution in [-0.4, -0.2) is 293 Å². The fourth-order valence-electron chi connectivity index (χ4n) is 16.7. The van der Waals surface area contributed by atoms with Crippen molar-refractivity contribution in [3.63, 3.8) is 0 Å². The van der Waals surface area contributed by atoms with E-state index in [2.05, 4.69) is 52.8 Å². The normalized spacial score (nSPS) is 24.4. The number of H-pyrrole nitrogens is 1. The number of phenolic OH excluding ortho intramolecular Hbond substituents is 1. The number of fused-ring (bicyclic) bond motifs is 3. The molecule has 136 heavy (non-hydrogen) atoms. The number of nitrogens with one attached hydrogen (secondary N) is 10. The fraction of sp³-hybridized carbons (Fsp3) is 0.479. The van der Waals surface area contributed by atoms with Gasteiger partial charge in [-0.3, -0.25) is 81.5 Å². The van der Waals surface area contributed by atoms with Gasteiger partial charge in [0.1, 0.15) is 84.3 Å². The molecular weight excluding hydrogens is 1790 g/mol. The molecular formula is C94H120F3N17O21S. The molecule has 0 spiro atoms. The molecule has 42 heteroatoms. The average Bonchev–Trinajstić information content (AvgIpc) is 1.72. The van der Waals surface area contributed by atoms with Gasteiger partial charge in [0, 0.05) is 102 Å². The van der Waals surface area contributed by atoms with Crippen LogP contribution in [0.2, 0.25) is 0 Å². The number of primary amides is 2. The topological polar surface area (TPSA) is 563 Å². The Kier molecular flexibility index (Phi) is 38.8. The second kappa shape index (κ2) is 49.6. The molecule has 9 rings (SSSR count). The summed E-state index contributed by atoms with van der Waals surface area (Å²) in [5, 5.41) is 67.4. The van der Waals surface area contributed by atoms with Gasteiger partial charge in [0.25, 0.3) is 0 Å². The highest BCUT2D eigenvalue weighted by atomic mass is 32.2. The number of aryl methyl sites for hydroxylation is 1. The highest BCUT2D eigenvalue weighted by Crippen LogP contribution is 2.29. The van der Waals surface area contributed by atoms with Crippen LogP contribution in [0, 0.1) is 29.3 Å². The van der Waals surface area contributed by atoms with Gasteiger partial charge in [-0.2, -0.15) is 0 Å². The summed E-state index contributed by atoms with van der Waals surface area (Å²) in [6.45, 7) is 6.16. The van der Waals surface area contributed by atoms with Crippen LogP contribution >= 0.6 is 11.8 Å². The summed E-state index contributed by atoms with van der Waals surface area (Å²) in [5.41, 5.74) is 13.1. The molecule has 1 unspecified atom stereocenters. The highest BCUT2D eigenvalue weighted by Gasteiger charge is 2.48. The molecule has 3 saturated heterocycles. The fourth-order valence-corrected chi connectivity index (χ4v) is 17.5. The Hall–Kier alpha value is -13.5. The van der Waals surface area contributed by atoms with E-state index >= 15 is 56.7 Å². The van der Waals surface area contributed by atoms with Gasteiger partial charge in [-0.05, 0) is 102 Å². The molecule has 3 aliphatic heterocycles. The third-order valence-electron chi connectivity index (χ3n) is 24.0. The second-order valence-electron chi connectivity index (χ2n) is 35.2. The van der Waals surface area contributed by atoms with Crippen molar-refractivity contribution >= 4 is 123 Å². The number of nitrogens with two attached hydrogens (primary N) is 2. The number of halogens is 3. The number of carboxylic acid groups (broad SMARTS) is 1. The molecule has 6 aromatic rings. The Balaban J connectivity index is 1.15. The number of phenols is 1. The zero-order valence-corrected chi connectivity index (χ0v) is 77.6. The van der Waals surface area contributed by atoms with Crippen molar-refractivity contribution in [3.05, 3.63) is 173 Å².